The van der Waals surface area contributed by atoms with Gasteiger partial charge in [-0.3, -0.25) is 9.48 Å². The minimum atomic E-state index is -0.254. The van der Waals surface area contributed by atoms with E-state index in [1.165, 1.54) is 0 Å². The van der Waals surface area contributed by atoms with Gasteiger partial charge in [0.1, 0.15) is 5.82 Å². The van der Waals surface area contributed by atoms with Gasteiger partial charge in [0.2, 0.25) is 0 Å². The van der Waals surface area contributed by atoms with Crippen LogP contribution < -0.4 is 10.6 Å². The highest BCUT2D eigenvalue weighted by Gasteiger charge is 2.18. The summed E-state index contributed by atoms with van der Waals surface area (Å²) in [5.41, 5.74) is 1.08. The molecule has 0 radical (unpaired) electrons. The Kier molecular flexibility index (Phi) is 3.51. The Morgan fingerprint density at radius 2 is 2.26 bits per heavy atom. The largest absolute Gasteiger partial charge is 0.315 e. The minimum absolute atomic E-state index is 0.254. The molecule has 0 bridgehead atoms. The van der Waals surface area contributed by atoms with Crippen molar-refractivity contribution in [3.8, 4) is 0 Å². The van der Waals surface area contributed by atoms with Gasteiger partial charge >= 0.3 is 0 Å². The average Bonchev–Trinajstić information content (AvgIpc) is 3.25. The number of hydrogen-bond donors (Lipinski definition) is 2. The van der Waals surface area contributed by atoms with E-state index in [-0.39, 0.29) is 5.91 Å². The normalized spacial score (nSPS) is 18.2. The Labute approximate surface area is 132 Å². The van der Waals surface area contributed by atoms with Crippen molar-refractivity contribution in [2.24, 2.45) is 0 Å². The zero-order chi connectivity index (χ0) is 15.6. The number of aromatic nitrogens is 5. The van der Waals surface area contributed by atoms with Crippen LogP contribution in [-0.2, 0) is 0 Å². The van der Waals surface area contributed by atoms with Gasteiger partial charge in [0.25, 0.3) is 5.91 Å². The molecule has 1 atom stereocenters. The van der Waals surface area contributed by atoms with Crippen LogP contribution in [0.3, 0.4) is 0 Å². The van der Waals surface area contributed by atoms with Gasteiger partial charge in [0.05, 0.1) is 12.2 Å². The molecule has 0 aromatic carbocycles. The fourth-order valence-corrected chi connectivity index (χ4v) is 2.83. The Bertz CT molecular complexity index is 831. The van der Waals surface area contributed by atoms with Crippen LogP contribution >= 0.6 is 0 Å². The summed E-state index contributed by atoms with van der Waals surface area (Å²) in [6.07, 6.45) is 7.35. The molecule has 1 fully saturated rings. The van der Waals surface area contributed by atoms with Crippen LogP contribution in [0.1, 0.15) is 29.4 Å². The summed E-state index contributed by atoms with van der Waals surface area (Å²) in [5, 5.41) is 14.7. The molecule has 1 amide bonds. The lowest BCUT2D eigenvalue weighted by atomic mass is 10.1. The molecular formula is C15H17N7O. The molecule has 3 aromatic rings. The summed E-state index contributed by atoms with van der Waals surface area (Å²) in [4.78, 5) is 16.6. The molecule has 4 heterocycles. The topological polar surface area (TPSA) is 89.1 Å². The minimum Gasteiger partial charge on any atom is -0.315 e. The maximum Gasteiger partial charge on any atom is 0.277 e. The predicted molar refractivity (Wildman–Crippen MR) is 84.3 cm³/mol. The molecule has 8 nitrogen and oxygen atoms in total. The maximum atomic E-state index is 12.4. The number of carbonyl (C=O) groups is 1. The summed E-state index contributed by atoms with van der Waals surface area (Å²) >= 11 is 0. The zero-order valence-corrected chi connectivity index (χ0v) is 12.5. The third kappa shape index (κ3) is 2.68. The second-order valence-corrected chi connectivity index (χ2v) is 5.57. The molecule has 1 saturated heterocycles. The quantitative estimate of drug-likeness (QED) is 0.756. The number of rotatable bonds is 3. The third-order valence-corrected chi connectivity index (χ3v) is 4.02. The molecule has 1 unspecified atom stereocenters. The molecule has 3 aromatic heterocycles. The third-order valence-electron chi connectivity index (χ3n) is 4.02. The summed E-state index contributed by atoms with van der Waals surface area (Å²) in [6.45, 7) is 1.94. The van der Waals surface area contributed by atoms with Crippen LogP contribution in [0.2, 0.25) is 0 Å². The van der Waals surface area contributed by atoms with Crippen molar-refractivity contribution in [1.29, 1.82) is 0 Å². The highest BCUT2D eigenvalue weighted by Crippen LogP contribution is 2.16. The Hall–Kier alpha value is -2.74. The SMILES string of the molecule is O=C(Nc1ccnc2ccnn12)c1ccn(C2CCCNC2)n1. The van der Waals surface area contributed by atoms with Crippen LogP contribution in [0.4, 0.5) is 5.82 Å². The number of fused-ring (bicyclic) bond motifs is 1. The Balaban J connectivity index is 1.53. The van der Waals surface area contributed by atoms with E-state index in [1.807, 2.05) is 10.9 Å². The van der Waals surface area contributed by atoms with Crippen molar-refractivity contribution >= 4 is 17.4 Å². The molecule has 0 aliphatic carbocycles. The molecule has 118 valence electrons. The number of piperidine rings is 1. The molecule has 8 heteroatoms. The first-order valence-electron chi connectivity index (χ1n) is 7.67. The van der Waals surface area contributed by atoms with Gasteiger partial charge < -0.3 is 10.6 Å². The van der Waals surface area contributed by atoms with E-state index in [2.05, 4.69) is 25.8 Å². The van der Waals surface area contributed by atoms with Crippen molar-refractivity contribution in [1.82, 2.24) is 29.7 Å². The summed E-state index contributed by atoms with van der Waals surface area (Å²) in [5.74, 6) is 0.314. The van der Waals surface area contributed by atoms with Crippen LogP contribution in [0.25, 0.3) is 5.65 Å². The van der Waals surface area contributed by atoms with Gasteiger partial charge in [-0.25, -0.2) is 4.98 Å². The van der Waals surface area contributed by atoms with Gasteiger partial charge in [0, 0.05) is 25.0 Å². The maximum absolute atomic E-state index is 12.4. The number of nitrogens with zero attached hydrogens (tertiary/aromatic N) is 5. The van der Waals surface area contributed by atoms with Crippen molar-refractivity contribution in [2.75, 3.05) is 18.4 Å². The number of carbonyl (C=O) groups excluding carboxylic acids is 1. The van der Waals surface area contributed by atoms with Crippen molar-refractivity contribution in [3.63, 3.8) is 0 Å². The van der Waals surface area contributed by atoms with Crippen molar-refractivity contribution < 1.29 is 4.79 Å². The van der Waals surface area contributed by atoms with Crippen LogP contribution in [-0.4, -0.2) is 43.4 Å². The Morgan fingerprint density at radius 3 is 3.13 bits per heavy atom. The van der Waals surface area contributed by atoms with E-state index in [9.17, 15) is 4.79 Å². The zero-order valence-electron chi connectivity index (χ0n) is 12.5. The van der Waals surface area contributed by atoms with E-state index < -0.39 is 0 Å². The van der Waals surface area contributed by atoms with Gasteiger partial charge in [0.15, 0.2) is 11.3 Å². The molecule has 1 aliphatic rings. The summed E-state index contributed by atoms with van der Waals surface area (Å²) in [7, 11) is 0. The van der Waals surface area contributed by atoms with Crippen LogP contribution in [0, 0.1) is 0 Å². The van der Waals surface area contributed by atoms with E-state index in [0.717, 1.165) is 25.9 Å². The predicted octanol–water partition coefficient (Wildman–Crippen LogP) is 1.10. The van der Waals surface area contributed by atoms with Crippen molar-refractivity contribution in [2.45, 2.75) is 18.9 Å². The first-order valence-corrected chi connectivity index (χ1v) is 7.67. The van der Waals surface area contributed by atoms with E-state index in [4.69, 9.17) is 0 Å². The van der Waals surface area contributed by atoms with E-state index >= 15 is 0 Å². The molecule has 0 saturated carbocycles. The Morgan fingerprint density at radius 1 is 1.30 bits per heavy atom. The van der Waals surface area contributed by atoms with Gasteiger partial charge in [-0.2, -0.15) is 14.7 Å². The lowest BCUT2D eigenvalue weighted by Crippen LogP contribution is -2.32. The van der Waals surface area contributed by atoms with Gasteiger partial charge in [-0.15, -0.1) is 0 Å². The van der Waals surface area contributed by atoms with Gasteiger partial charge in [-0.05, 0) is 31.5 Å². The van der Waals surface area contributed by atoms with E-state index in [0.29, 0.717) is 23.2 Å². The second kappa shape index (κ2) is 5.81. The first-order chi connectivity index (χ1) is 11.3. The second-order valence-electron chi connectivity index (χ2n) is 5.57. The number of hydrogen-bond acceptors (Lipinski definition) is 5. The molecule has 2 N–H and O–H groups in total. The number of anilines is 1. The molecule has 4 rings (SSSR count). The molecule has 23 heavy (non-hydrogen) atoms. The highest BCUT2D eigenvalue weighted by molar-refractivity contribution is 6.02. The lowest BCUT2D eigenvalue weighted by molar-refractivity contribution is 0.102. The number of amides is 1. The smallest absolute Gasteiger partial charge is 0.277 e. The van der Waals surface area contributed by atoms with Gasteiger partial charge in [-0.1, -0.05) is 0 Å². The van der Waals surface area contributed by atoms with E-state index in [1.54, 1.807) is 35.1 Å². The monoisotopic (exact) mass is 311 g/mol. The highest BCUT2D eigenvalue weighted by atomic mass is 16.2. The molecule has 0 spiro atoms. The lowest BCUT2D eigenvalue weighted by Gasteiger charge is -2.22. The van der Waals surface area contributed by atoms with Crippen LogP contribution in [0.15, 0.2) is 36.8 Å². The molecular weight excluding hydrogens is 294 g/mol. The van der Waals surface area contributed by atoms with Crippen LogP contribution in [0.5, 0.6) is 0 Å². The first kappa shape index (κ1) is 13.9. The average molecular weight is 311 g/mol. The summed E-state index contributed by atoms with van der Waals surface area (Å²) < 4.78 is 3.46. The fourth-order valence-electron chi connectivity index (χ4n) is 2.83. The summed E-state index contributed by atoms with van der Waals surface area (Å²) in [6, 6.07) is 5.54. The van der Waals surface area contributed by atoms with Crippen molar-refractivity contribution in [3.05, 3.63) is 42.5 Å². The standard InChI is InChI=1S/C15H17N7O/c23-15(19-14-3-7-17-13-4-8-18-22(13)14)12-5-9-21(20-12)11-2-1-6-16-10-11/h3-5,7-9,11,16H,1-2,6,10H2,(H,19,23). The number of nitrogens with one attached hydrogen (secondary N) is 2. The fraction of sp³-hybridized carbons (Fsp3) is 0.333. The molecule has 1 aliphatic heterocycles.